The molecule has 39 heavy (non-hydrogen) atoms. The van der Waals surface area contributed by atoms with Crippen molar-refractivity contribution in [2.24, 2.45) is 5.73 Å². The summed E-state index contributed by atoms with van der Waals surface area (Å²) in [6, 6.07) is 10.9. The Morgan fingerprint density at radius 2 is 1.97 bits per heavy atom. The van der Waals surface area contributed by atoms with Crippen LogP contribution in [0.25, 0.3) is 22.3 Å². The molecule has 0 amide bonds. The normalized spacial score (nSPS) is 19.2. The van der Waals surface area contributed by atoms with E-state index in [-0.39, 0.29) is 36.7 Å². The van der Waals surface area contributed by atoms with Crippen LogP contribution < -0.4 is 11.3 Å². The Morgan fingerprint density at radius 3 is 2.67 bits per heavy atom. The molecular weight excluding hydrogens is 531 g/mol. The zero-order chi connectivity index (χ0) is 28.3. The van der Waals surface area contributed by atoms with Crippen LogP contribution >= 0.6 is 0 Å². The van der Waals surface area contributed by atoms with Crippen LogP contribution in [-0.4, -0.2) is 41.4 Å². The lowest BCUT2D eigenvalue weighted by Gasteiger charge is -2.38. The number of alkyl halides is 3. The molecule has 2 atom stereocenters. The van der Waals surface area contributed by atoms with Crippen molar-refractivity contribution in [3.05, 3.63) is 63.4 Å². The van der Waals surface area contributed by atoms with Crippen LogP contribution in [0.1, 0.15) is 36.5 Å². The Morgan fingerprint density at radius 1 is 1.26 bits per heavy atom. The van der Waals surface area contributed by atoms with Crippen molar-refractivity contribution in [1.29, 1.82) is 0 Å². The maximum atomic E-state index is 13.6. The fourth-order valence-corrected chi connectivity index (χ4v) is 7.19. The van der Waals surface area contributed by atoms with Gasteiger partial charge in [0.25, 0.3) is 5.56 Å². The lowest BCUT2D eigenvalue weighted by Crippen LogP contribution is -2.57. The quantitative estimate of drug-likeness (QED) is 0.279. The summed E-state index contributed by atoms with van der Waals surface area (Å²) in [7, 11) is -2.97. The third kappa shape index (κ3) is 4.55. The van der Waals surface area contributed by atoms with Gasteiger partial charge in [-0.1, -0.05) is 38.2 Å². The SMILES string of the molecule is CCC1(OC(=O)C(N)[Si](C)(C)CCC(F)(F)F)C(=O)OCc2c1cc1n(c2=O)Cc2cc3ccccc3nc2-1. The molecule has 8 nitrogen and oxygen atoms in total. The molecule has 2 aliphatic heterocycles. The van der Waals surface area contributed by atoms with Gasteiger partial charge < -0.3 is 19.8 Å². The molecule has 0 fully saturated rings. The highest BCUT2D eigenvalue weighted by atomic mass is 28.3. The molecule has 2 aliphatic rings. The van der Waals surface area contributed by atoms with Gasteiger partial charge in [-0.25, -0.2) is 9.78 Å². The number of nitrogens with two attached hydrogens (primary N) is 1. The van der Waals surface area contributed by atoms with Crippen molar-refractivity contribution in [2.75, 3.05) is 0 Å². The van der Waals surface area contributed by atoms with Gasteiger partial charge in [-0.15, -0.1) is 0 Å². The number of hydrogen-bond acceptors (Lipinski definition) is 7. The van der Waals surface area contributed by atoms with Gasteiger partial charge in [-0.2, -0.15) is 13.2 Å². The summed E-state index contributed by atoms with van der Waals surface area (Å²) in [5, 5.41) is 0.920. The number of fused-ring (bicyclic) bond motifs is 5. The first-order chi connectivity index (χ1) is 18.3. The Hall–Kier alpha value is -3.51. The highest BCUT2D eigenvalue weighted by Crippen LogP contribution is 2.41. The lowest BCUT2D eigenvalue weighted by molar-refractivity contribution is -0.189. The molecule has 1 aromatic carbocycles. The zero-order valence-corrected chi connectivity index (χ0v) is 22.7. The van der Waals surface area contributed by atoms with Crippen molar-refractivity contribution in [3.63, 3.8) is 0 Å². The number of hydrogen-bond donors (Lipinski definition) is 1. The smallest absolute Gasteiger partial charge is 0.388 e. The second-order valence-electron chi connectivity index (χ2n) is 10.8. The fourth-order valence-electron chi connectivity index (χ4n) is 5.26. The number of halogens is 3. The molecule has 2 N–H and O–H groups in total. The molecule has 3 aromatic rings. The fraction of sp³-hybridized carbons (Fsp3) is 0.407. The third-order valence-corrected chi connectivity index (χ3v) is 11.3. The number of carbonyl (C=O) groups excluding carboxylic acids is 2. The second-order valence-corrected chi connectivity index (χ2v) is 15.9. The number of benzene rings is 1. The standard InChI is InChI=1S/C27H28F3N3O5Si/c1-4-26(38-24(35)22(31)39(2,3)10-9-27(28,29)30)18-12-20-21-16(11-15-7-5-6-8-19(15)32-21)13-33(20)23(34)17(18)14-37-25(26)36/h5-8,11-12,22H,4,9-10,13-14,31H2,1-3H3. The maximum absolute atomic E-state index is 13.6. The summed E-state index contributed by atoms with van der Waals surface area (Å²) in [6.45, 7) is 4.73. The van der Waals surface area contributed by atoms with Crippen LogP contribution in [0, 0.1) is 0 Å². The van der Waals surface area contributed by atoms with Crippen molar-refractivity contribution < 1.29 is 32.2 Å². The molecule has 12 heteroatoms. The number of carbonyl (C=O) groups is 2. The number of aromatic nitrogens is 2. The van der Waals surface area contributed by atoms with Crippen LogP contribution in [0.5, 0.6) is 0 Å². The predicted octanol–water partition coefficient (Wildman–Crippen LogP) is 4.16. The molecule has 0 bridgehead atoms. The second kappa shape index (κ2) is 9.30. The molecule has 4 heterocycles. The lowest BCUT2D eigenvalue weighted by atomic mass is 9.85. The molecule has 0 aliphatic carbocycles. The number of pyridine rings is 2. The van der Waals surface area contributed by atoms with E-state index < -0.39 is 49.4 Å². The van der Waals surface area contributed by atoms with Gasteiger partial charge in [-0.3, -0.25) is 9.59 Å². The van der Waals surface area contributed by atoms with E-state index in [1.807, 2.05) is 30.3 Å². The van der Waals surface area contributed by atoms with Crippen LogP contribution in [-0.2, 0) is 37.8 Å². The molecule has 2 aromatic heterocycles. The maximum Gasteiger partial charge on any atom is 0.388 e. The van der Waals surface area contributed by atoms with Crippen molar-refractivity contribution in [2.45, 2.75) is 69.5 Å². The third-order valence-electron chi connectivity index (χ3n) is 7.81. The minimum atomic E-state index is -4.39. The number of para-hydroxylation sites is 1. The van der Waals surface area contributed by atoms with Gasteiger partial charge in [0, 0.05) is 22.9 Å². The Kier molecular flexibility index (Phi) is 6.45. The molecule has 0 saturated carbocycles. The van der Waals surface area contributed by atoms with Gasteiger partial charge in [0.05, 0.1) is 42.8 Å². The van der Waals surface area contributed by atoms with Crippen molar-refractivity contribution in [1.82, 2.24) is 9.55 Å². The van der Waals surface area contributed by atoms with Crippen LogP contribution in [0.4, 0.5) is 13.2 Å². The summed E-state index contributed by atoms with van der Waals surface area (Å²) in [6.07, 6.45) is -5.52. The van der Waals surface area contributed by atoms with E-state index in [4.69, 9.17) is 20.2 Å². The van der Waals surface area contributed by atoms with Gasteiger partial charge in [0.2, 0.25) is 5.60 Å². The summed E-state index contributed by atoms with van der Waals surface area (Å²) in [4.78, 5) is 44.8. The predicted molar refractivity (Wildman–Crippen MR) is 139 cm³/mol. The zero-order valence-electron chi connectivity index (χ0n) is 21.7. The highest BCUT2D eigenvalue weighted by Gasteiger charge is 2.52. The molecule has 2 unspecified atom stereocenters. The first-order valence-electron chi connectivity index (χ1n) is 12.7. The summed E-state index contributed by atoms with van der Waals surface area (Å²) in [5.74, 6) is -1.85. The monoisotopic (exact) mass is 559 g/mol. The van der Waals surface area contributed by atoms with Gasteiger partial charge >= 0.3 is 18.1 Å². The van der Waals surface area contributed by atoms with Crippen molar-refractivity contribution in [3.8, 4) is 11.4 Å². The van der Waals surface area contributed by atoms with E-state index in [0.29, 0.717) is 11.4 Å². The van der Waals surface area contributed by atoms with Crippen molar-refractivity contribution >= 4 is 30.9 Å². The van der Waals surface area contributed by atoms with E-state index in [1.165, 1.54) is 0 Å². The Bertz CT molecular complexity index is 1570. The number of esters is 2. The van der Waals surface area contributed by atoms with E-state index in [2.05, 4.69) is 0 Å². The van der Waals surface area contributed by atoms with Gasteiger partial charge in [-0.05, 0) is 30.7 Å². The minimum absolute atomic E-state index is 0.0667. The minimum Gasteiger partial charge on any atom is -0.457 e. The largest absolute Gasteiger partial charge is 0.457 e. The summed E-state index contributed by atoms with van der Waals surface area (Å²) in [5.41, 5.74) is 5.46. The highest BCUT2D eigenvalue weighted by molar-refractivity contribution is 6.81. The topological polar surface area (TPSA) is 114 Å². The van der Waals surface area contributed by atoms with E-state index in [1.54, 1.807) is 30.7 Å². The summed E-state index contributed by atoms with van der Waals surface area (Å²) < 4.78 is 51.2. The Balaban J connectivity index is 1.56. The van der Waals surface area contributed by atoms with E-state index >= 15 is 0 Å². The summed E-state index contributed by atoms with van der Waals surface area (Å²) >= 11 is 0. The average molecular weight is 560 g/mol. The number of cyclic esters (lactones) is 1. The first kappa shape index (κ1) is 27.1. The Labute approximate surface area is 222 Å². The molecule has 206 valence electrons. The number of nitrogens with zero attached hydrogens (tertiary/aromatic N) is 2. The number of rotatable bonds is 6. The van der Waals surface area contributed by atoms with E-state index in [9.17, 15) is 27.6 Å². The van der Waals surface area contributed by atoms with Crippen LogP contribution in [0.2, 0.25) is 19.1 Å². The first-order valence-corrected chi connectivity index (χ1v) is 15.9. The molecular formula is C27H28F3N3O5Si. The van der Waals surface area contributed by atoms with E-state index in [0.717, 1.165) is 16.5 Å². The van der Waals surface area contributed by atoms with Gasteiger partial charge in [0.1, 0.15) is 6.61 Å². The van der Waals surface area contributed by atoms with Crippen LogP contribution in [0.3, 0.4) is 0 Å². The van der Waals surface area contributed by atoms with Gasteiger partial charge in [0.15, 0.2) is 0 Å². The average Bonchev–Trinajstić information content (AvgIpc) is 3.25. The molecule has 0 spiro atoms. The molecule has 5 rings (SSSR count). The number of ether oxygens (including phenoxy) is 2. The van der Waals surface area contributed by atoms with Crippen LogP contribution in [0.15, 0.2) is 41.2 Å². The molecule has 0 saturated heterocycles. The molecule has 0 radical (unpaired) electrons.